The van der Waals surface area contributed by atoms with Crippen LogP contribution < -0.4 is 10.1 Å². The lowest BCUT2D eigenvalue weighted by Crippen LogP contribution is -2.41. The maximum Gasteiger partial charge on any atom is 0.318 e. The van der Waals surface area contributed by atoms with Crippen molar-refractivity contribution in [3.05, 3.63) is 65.7 Å². The number of methoxy groups -OCH3 is 1. The number of carboxylic acids is 1. The highest BCUT2D eigenvalue weighted by molar-refractivity contribution is 5.78. The van der Waals surface area contributed by atoms with E-state index in [1.165, 1.54) is 0 Å². The first kappa shape index (κ1) is 17.8. The Bertz CT molecular complexity index is 778. The van der Waals surface area contributed by atoms with Gasteiger partial charge in [0, 0.05) is 18.7 Å². The molecule has 1 heterocycles. The van der Waals surface area contributed by atoms with Crippen molar-refractivity contribution in [2.75, 3.05) is 20.2 Å². The summed E-state index contributed by atoms with van der Waals surface area (Å²) >= 11 is 0. The minimum absolute atomic E-state index is 0.231. The number of carbonyl (C=O) groups is 2. The van der Waals surface area contributed by atoms with Crippen LogP contribution in [-0.4, -0.2) is 42.2 Å². The number of hydrogen-bond donors (Lipinski definition) is 2. The molecule has 2 unspecified atom stereocenters. The summed E-state index contributed by atoms with van der Waals surface area (Å²) in [7, 11) is 1.60. The molecule has 2 aromatic carbocycles. The number of carboxylic acid groups (broad SMARTS) is 1. The molecule has 0 aromatic heterocycles. The van der Waals surface area contributed by atoms with E-state index in [4.69, 9.17) is 9.84 Å². The second kappa shape index (κ2) is 7.91. The summed E-state index contributed by atoms with van der Waals surface area (Å²) in [6.07, 6.45) is 0.480. The molecule has 2 N–H and O–H groups in total. The number of hydrogen-bond acceptors (Lipinski definition) is 3. The quantitative estimate of drug-likeness (QED) is 0.865. The fourth-order valence-electron chi connectivity index (χ4n) is 3.25. The van der Waals surface area contributed by atoms with Crippen molar-refractivity contribution < 1.29 is 19.4 Å². The van der Waals surface area contributed by atoms with Crippen LogP contribution in [0.4, 0.5) is 4.79 Å². The van der Waals surface area contributed by atoms with Gasteiger partial charge in [0.15, 0.2) is 0 Å². The minimum Gasteiger partial charge on any atom is -0.496 e. The van der Waals surface area contributed by atoms with E-state index in [1.54, 1.807) is 12.0 Å². The zero-order valence-electron chi connectivity index (χ0n) is 14.6. The lowest BCUT2D eigenvalue weighted by Gasteiger charge is -2.25. The largest absolute Gasteiger partial charge is 0.496 e. The summed E-state index contributed by atoms with van der Waals surface area (Å²) < 4.78 is 5.46. The van der Waals surface area contributed by atoms with Crippen molar-refractivity contribution in [1.82, 2.24) is 10.2 Å². The van der Waals surface area contributed by atoms with Crippen LogP contribution >= 0.6 is 0 Å². The maximum absolute atomic E-state index is 12.8. The molecule has 0 spiro atoms. The third-order valence-corrected chi connectivity index (χ3v) is 4.68. The zero-order valence-corrected chi connectivity index (χ0v) is 14.6. The summed E-state index contributed by atoms with van der Waals surface area (Å²) in [6, 6.07) is 16.5. The molecule has 0 saturated carbocycles. The molecule has 2 aromatic rings. The van der Waals surface area contributed by atoms with Crippen molar-refractivity contribution in [1.29, 1.82) is 0 Å². The molecule has 0 radical (unpaired) electrons. The zero-order chi connectivity index (χ0) is 18.5. The van der Waals surface area contributed by atoms with Gasteiger partial charge in [-0.3, -0.25) is 4.79 Å². The number of urea groups is 1. The number of rotatable bonds is 5. The van der Waals surface area contributed by atoms with Crippen LogP contribution in [0.2, 0.25) is 0 Å². The van der Waals surface area contributed by atoms with Crippen molar-refractivity contribution in [2.45, 2.75) is 12.5 Å². The highest BCUT2D eigenvalue weighted by Crippen LogP contribution is 2.30. The third kappa shape index (κ3) is 3.79. The van der Waals surface area contributed by atoms with Crippen molar-refractivity contribution in [3.8, 4) is 5.75 Å². The van der Waals surface area contributed by atoms with Crippen LogP contribution in [0.15, 0.2) is 54.6 Å². The summed E-state index contributed by atoms with van der Waals surface area (Å²) in [4.78, 5) is 25.5. The van der Waals surface area contributed by atoms with E-state index in [9.17, 15) is 9.59 Å². The molecule has 6 nitrogen and oxygen atoms in total. The number of ether oxygens (including phenoxy) is 1. The van der Waals surface area contributed by atoms with E-state index >= 15 is 0 Å². The van der Waals surface area contributed by atoms with E-state index < -0.39 is 11.9 Å². The number of nitrogens with zero attached hydrogens (tertiary/aromatic N) is 1. The van der Waals surface area contributed by atoms with Crippen molar-refractivity contribution in [2.24, 2.45) is 5.92 Å². The molecule has 0 bridgehead atoms. The van der Waals surface area contributed by atoms with Crippen LogP contribution in [0.3, 0.4) is 0 Å². The lowest BCUT2D eigenvalue weighted by atomic mass is 9.98. The SMILES string of the molecule is COc1ccccc1C(NC(=O)N1CCC(C(=O)O)C1)c1ccccc1. The van der Waals surface area contributed by atoms with Gasteiger partial charge in [-0.1, -0.05) is 48.5 Å². The highest BCUT2D eigenvalue weighted by atomic mass is 16.5. The summed E-state index contributed by atoms with van der Waals surface area (Å²) in [5.74, 6) is -0.668. The first-order chi connectivity index (χ1) is 12.6. The van der Waals surface area contributed by atoms with Crippen LogP contribution in [-0.2, 0) is 4.79 Å². The Balaban J connectivity index is 1.85. The van der Waals surface area contributed by atoms with Gasteiger partial charge in [-0.15, -0.1) is 0 Å². The number of nitrogens with one attached hydrogen (secondary N) is 1. The molecule has 2 atom stereocenters. The third-order valence-electron chi connectivity index (χ3n) is 4.68. The van der Waals surface area contributed by atoms with Gasteiger partial charge < -0.3 is 20.1 Å². The maximum atomic E-state index is 12.8. The summed E-state index contributed by atoms with van der Waals surface area (Å²) in [6.45, 7) is 0.671. The second-order valence-corrected chi connectivity index (χ2v) is 6.30. The molecular weight excluding hydrogens is 332 g/mol. The minimum atomic E-state index is -0.857. The molecule has 6 heteroatoms. The smallest absolute Gasteiger partial charge is 0.318 e. The first-order valence-corrected chi connectivity index (χ1v) is 8.56. The molecule has 1 aliphatic heterocycles. The number of carbonyl (C=O) groups excluding carboxylic acids is 1. The Morgan fingerprint density at radius 1 is 1.15 bits per heavy atom. The van der Waals surface area contributed by atoms with Gasteiger partial charge in [-0.25, -0.2) is 4.79 Å². The number of likely N-dealkylation sites (tertiary alicyclic amines) is 1. The lowest BCUT2D eigenvalue weighted by molar-refractivity contribution is -0.141. The number of aliphatic carboxylic acids is 1. The van der Waals surface area contributed by atoms with E-state index in [0.717, 1.165) is 11.1 Å². The summed E-state index contributed by atoms with van der Waals surface area (Å²) in [5.41, 5.74) is 1.78. The standard InChI is InChI=1S/C20H22N2O4/c1-26-17-10-6-5-9-16(17)18(14-7-3-2-4-8-14)21-20(25)22-12-11-15(13-22)19(23)24/h2-10,15,18H,11-13H2,1H3,(H,21,25)(H,23,24). The highest BCUT2D eigenvalue weighted by Gasteiger charge is 2.32. The Labute approximate surface area is 152 Å². The van der Waals surface area contributed by atoms with Crippen LogP contribution in [0.25, 0.3) is 0 Å². The first-order valence-electron chi connectivity index (χ1n) is 8.56. The van der Waals surface area contributed by atoms with Crippen LogP contribution in [0, 0.1) is 5.92 Å². The van der Waals surface area contributed by atoms with Gasteiger partial charge in [0.2, 0.25) is 0 Å². The predicted molar refractivity (Wildman–Crippen MR) is 97.1 cm³/mol. The van der Waals surface area contributed by atoms with E-state index in [1.807, 2.05) is 54.6 Å². The fraction of sp³-hybridized carbons (Fsp3) is 0.300. The Kier molecular flexibility index (Phi) is 5.41. The molecule has 2 amide bonds. The molecule has 3 rings (SSSR count). The average molecular weight is 354 g/mol. The molecule has 0 aliphatic carbocycles. The van der Waals surface area contributed by atoms with E-state index in [-0.39, 0.29) is 18.6 Å². The van der Waals surface area contributed by atoms with Gasteiger partial charge in [0.05, 0.1) is 19.1 Å². The molecule has 26 heavy (non-hydrogen) atoms. The van der Waals surface area contributed by atoms with Gasteiger partial charge >= 0.3 is 12.0 Å². The van der Waals surface area contributed by atoms with Crippen LogP contribution in [0.1, 0.15) is 23.6 Å². The van der Waals surface area contributed by atoms with Crippen LogP contribution in [0.5, 0.6) is 5.75 Å². The fourth-order valence-corrected chi connectivity index (χ4v) is 3.25. The molecule has 1 fully saturated rings. The molecular formula is C20H22N2O4. The molecule has 1 aliphatic rings. The Morgan fingerprint density at radius 3 is 2.50 bits per heavy atom. The second-order valence-electron chi connectivity index (χ2n) is 6.30. The summed E-state index contributed by atoms with van der Waals surface area (Å²) in [5, 5.41) is 12.2. The topological polar surface area (TPSA) is 78.9 Å². The van der Waals surface area contributed by atoms with Gasteiger partial charge in [-0.2, -0.15) is 0 Å². The Morgan fingerprint density at radius 2 is 1.85 bits per heavy atom. The van der Waals surface area contributed by atoms with E-state index in [0.29, 0.717) is 18.7 Å². The monoisotopic (exact) mass is 354 g/mol. The van der Waals surface area contributed by atoms with Gasteiger partial charge in [0.1, 0.15) is 5.75 Å². The van der Waals surface area contributed by atoms with Crippen molar-refractivity contribution >= 4 is 12.0 Å². The number of para-hydroxylation sites is 1. The predicted octanol–water partition coefficient (Wildman–Crippen LogP) is 2.90. The Hall–Kier alpha value is -3.02. The normalized spacial score (nSPS) is 17.6. The van der Waals surface area contributed by atoms with Crippen molar-refractivity contribution in [3.63, 3.8) is 0 Å². The number of benzene rings is 2. The van der Waals surface area contributed by atoms with E-state index in [2.05, 4.69) is 5.32 Å². The molecule has 136 valence electrons. The average Bonchev–Trinajstić information content (AvgIpc) is 3.17. The molecule has 1 saturated heterocycles. The van der Waals surface area contributed by atoms with Gasteiger partial charge in [0.25, 0.3) is 0 Å². The number of amides is 2. The van der Waals surface area contributed by atoms with Gasteiger partial charge in [-0.05, 0) is 18.1 Å².